The summed E-state index contributed by atoms with van der Waals surface area (Å²) in [7, 11) is -3.04. The molecule has 2 unspecified atom stereocenters. The van der Waals surface area contributed by atoms with Crippen LogP contribution < -0.4 is 10.0 Å². The van der Waals surface area contributed by atoms with Crippen molar-refractivity contribution in [2.75, 3.05) is 18.8 Å². The number of nitrogens with one attached hydrogen (secondary N) is 2. The minimum atomic E-state index is -3.04. The van der Waals surface area contributed by atoms with Crippen molar-refractivity contribution in [2.45, 2.75) is 38.6 Å². The average molecular weight is 246 g/mol. The summed E-state index contributed by atoms with van der Waals surface area (Å²) in [5, 5.41) is 3.25. The van der Waals surface area contributed by atoms with Crippen molar-refractivity contribution in [3.63, 3.8) is 0 Å². The van der Waals surface area contributed by atoms with Crippen molar-refractivity contribution in [2.24, 2.45) is 11.8 Å². The van der Waals surface area contributed by atoms with E-state index in [1.54, 1.807) is 0 Å². The fraction of sp³-hybridized carbons (Fsp3) is 1.00. The van der Waals surface area contributed by atoms with Crippen LogP contribution in [-0.2, 0) is 10.0 Å². The molecule has 0 aromatic heterocycles. The van der Waals surface area contributed by atoms with Crippen LogP contribution in [0.4, 0.5) is 0 Å². The SMILES string of the molecule is CCC1CC1NS(=O)(=O)CC1CCNCC1. The van der Waals surface area contributed by atoms with Gasteiger partial charge in [0.05, 0.1) is 5.75 Å². The molecule has 5 heteroatoms. The molecule has 0 radical (unpaired) electrons. The van der Waals surface area contributed by atoms with Gasteiger partial charge in [-0.15, -0.1) is 0 Å². The fourth-order valence-corrected chi connectivity index (χ4v) is 4.28. The number of piperidine rings is 1. The summed E-state index contributed by atoms with van der Waals surface area (Å²) in [5.74, 6) is 1.25. The van der Waals surface area contributed by atoms with E-state index in [0.29, 0.717) is 17.6 Å². The van der Waals surface area contributed by atoms with Gasteiger partial charge < -0.3 is 5.32 Å². The third-order valence-electron chi connectivity index (χ3n) is 3.69. The number of hydrogen-bond acceptors (Lipinski definition) is 3. The first-order valence-electron chi connectivity index (χ1n) is 6.31. The molecule has 0 bridgehead atoms. The largest absolute Gasteiger partial charge is 0.317 e. The lowest BCUT2D eigenvalue weighted by molar-refractivity contribution is 0.400. The van der Waals surface area contributed by atoms with Crippen LogP contribution in [0.1, 0.15) is 32.6 Å². The monoisotopic (exact) mass is 246 g/mol. The molecule has 2 rings (SSSR count). The van der Waals surface area contributed by atoms with Crippen molar-refractivity contribution in [1.29, 1.82) is 0 Å². The minimum absolute atomic E-state index is 0.233. The summed E-state index contributed by atoms with van der Waals surface area (Å²) in [6.07, 6.45) is 4.09. The molecule has 1 aliphatic carbocycles. The molecule has 1 saturated heterocycles. The molecular weight excluding hydrogens is 224 g/mol. The first kappa shape index (κ1) is 12.3. The summed E-state index contributed by atoms with van der Waals surface area (Å²) in [6, 6.07) is 0.233. The maximum atomic E-state index is 11.9. The predicted octanol–water partition coefficient (Wildman–Crippen LogP) is 0.704. The Hall–Kier alpha value is -0.130. The second-order valence-electron chi connectivity index (χ2n) is 5.10. The summed E-state index contributed by atoms with van der Waals surface area (Å²) >= 11 is 0. The van der Waals surface area contributed by atoms with Crippen molar-refractivity contribution in [3.8, 4) is 0 Å². The van der Waals surface area contributed by atoms with E-state index in [2.05, 4.69) is 17.0 Å². The molecule has 2 N–H and O–H groups in total. The molecule has 16 heavy (non-hydrogen) atoms. The predicted molar refractivity (Wildman–Crippen MR) is 64.7 cm³/mol. The summed E-state index contributed by atoms with van der Waals surface area (Å²) in [5.41, 5.74) is 0. The second-order valence-corrected chi connectivity index (χ2v) is 6.90. The van der Waals surface area contributed by atoms with Gasteiger partial charge in [-0.2, -0.15) is 0 Å². The highest BCUT2D eigenvalue weighted by Crippen LogP contribution is 2.33. The van der Waals surface area contributed by atoms with E-state index in [-0.39, 0.29) is 6.04 Å². The Morgan fingerprint density at radius 3 is 2.56 bits per heavy atom. The first-order chi connectivity index (χ1) is 7.61. The zero-order valence-electron chi connectivity index (χ0n) is 9.91. The van der Waals surface area contributed by atoms with Gasteiger partial charge in [0.2, 0.25) is 10.0 Å². The van der Waals surface area contributed by atoms with Crippen molar-refractivity contribution < 1.29 is 8.42 Å². The quantitative estimate of drug-likeness (QED) is 0.751. The van der Waals surface area contributed by atoms with Gasteiger partial charge in [-0.05, 0) is 44.2 Å². The third-order valence-corrected chi connectivity index (χ3v) is 5.26. The molecule has 4 nitrogen and oxygen atoms in total. The summed E-state index contributed by atoms with van der Waals surface area (Å²) in [4.78, 5) is 0. The van der Waals surface area contributed by atoms with Crippen LogP contribution in [0.3, 0.4) is 0 Å². The van der Waals surface area contributed by atoms with Gasteiger partial charge in [0.15, 0.2) is 0 Å². The Labute approximate surface area is 98.2 Å². The number of rotatable bonds is 5. The molecular formula is C11H22N2O2S. The van der Waals surface area contributed by atoms with Crippen LogP contribution >= 0.6 is 0 Å². The average Bonchev–Trinajstić information content (AvgIpc) is 2.96. The van der Waals surface area contributed by atoms with Crippen LogP contribution in [0.25, 0.3) is 0 Å². The van der Waals surface area contributed by atoms with Crippen molar-refractivity contribution in [3.05, 3.63) is 0 Å². The van der Waals surface area contributed by atoms with E-state index in [1.807, 2.05) is 0 Å². The molecule has 94 valence electrons. The van der Waals surface area contributed by atoms with Gasteiger partial charge >= 0.3 is 0 Å². The summed E-state index contributed by atoms with van der Waals surface area (Å²) < 4.78 is 26.6. The molecule has 2 aliphatic rings. The standard InChI is InChI=1S/C11H22N2O2S/c1-2-10-7-11(10)13-16(14,15)8-9-3-5-12-6-4-9/h9-13H,2-8H2,1H3. The second kappa shape index (κ2) is 5.02. The van der Waals surface area contributed by atoms with Gasteiger partial charge in [0.25, 0.3) is 0 Å². The van der Waals surface area contributed by atoms with E-state index in [9.17, 15) is 8.42 Å². The van der Waals surface area contributed by atoms with E-state index in [1.165, 1.54) is 0 Å². The molecule has 2 fully saturated rings. The zero-order chi connectivity index (χ0) is 11.6. The summed E-state index contributed by atoms with van der Waals surface area (Å²) in [6.45, 7) is 4.04. The van der Waals surface area contributed by atoms with Crippen LogP contribution in [-0.4, -0.2) is 33.3 Å². The smallest absolute Gasteiger partial charge is 0.212 e. The fourth-order valence-electron chi connectivity index (χ4n) is 2.48. The van der Waals surface area contributed by atoms with Gasteiger partial charge in [-0.25, -0.2) is 13.1 Å². The van der Waals surface area contributed by atoms with E-state index in [4.69, 9.17) is 0 Å². The molecule has 2 atom stereocenters. The Bertz CT molecular complexity index is 323. The maximum absolute atomic E-state index is 11.9. The van der Waals surface area contributed by atoms with Crippen molar-refractivity contribution >= 4 is 10.0 Å². The lowest BCUT2D eigenvalue weighted by atomic mass is 10.0. The molecule has 0 amide bonds. The first-order valence-corrected chi connectivity index (χ1v) is 7.96. The number of hydrogen-bond donors (Lipinski definition) is 2. The molecule has 1 saturated carbocycles. The van der Waals surface area contributed by atoms with E-state index < -0.39 is 10.0 Å². The zero-order valence-corrected chi connectivity index (χ0v) is 10.7. The lowest BCUT2D eigenvalue weighted by Crippen LogP contribution is -2.36. The van der Waals surface area contributed by atoms with Crippen LogP contribution in [0.15, 0.2) is 0 Å². The highest BCUT2D eigenvalue weighted by atomic mass is 32.2. The molecule has 0 spiro atoms. The normalized spacial score (nSPS) is 31.6. The lowest BCUT2D eigenvalue weighted by Gasteiger charge is -2.22. The number of sulfonamides is 1. The van der Waals surface area contributed by atoms with Crippen molar-refractivity contribution in [1.82, 2.24) is 10.0 Å². The Balaban J connectivity index is 1.78. The van der Waals surface area contributed by atoms with E-state index in [0.717, 1.165) is 38.8 Å². The van der Waals surface area contributed by atoms with Gasteiger partial charge in [-0.3, -0.25) is 0 Å². The highest BCUT2D eigenvalue weighted by Gasteiger charge is 2.38. The van der Waals surface area contributed by atoms with Gasteiger partial charge in [0, 0.05) is 6.04 Å². The molecule has 1 aliphatic heterocycles. The molecule has 1 heterocycles. The van der Waals surface area contributed by atoms with Crippen LogP contribution in [0.2, 0.25) is 0 Å². The highest BCUT2D eigenvalue weighted by molar-refractivity contribution is 7.89. The Morgan fingerprint density at radius 1 is 1.31 bits per heavy atom. The van der Waals surface area contributed by atoms with E-state index >= 15 is 0 Å². The van der Waals surface area contributed by atoms with Crippen LogP contribution in [0.5, 0.6) is 0 Å². The molecule has 0 aromatic rings. The Kier molecular flexibility index (Phi) is 3.87. The molecule has 0 aromatic carbocycles. The topological polar surface area (TPSA) is 58.2 Å². The van der Waals surface area contributed by atoms with Crippen LogP contribution in [0, 0.1) is 11.8 Å². The maximum Gasteiger partial charge on any atom is 0.212 e. The van der Waals surface area contributed by atoms with Gasteiger partial charge in [-0.1, -0.05) is 13.3 Å². The van der Waals surface area contributed by atoms with Gasteiger partial charge in [0.1, 0.15) is 0 Å². The third kappa shape index (κ3) is 3.43. The minimum Gasteiger partial charge on any atom is -0.317 e. The Morgan fingerprint density at radius 2 is 2.00 bits per heavy atom.